The zero-order valence-corrected chi connectivity index (χ0v) is 11.9. The van der Waals surface area contributed by atoms with Crippen LogP contribution in [-0.2, 0) is 0 Å². The molecule has 0 saturated heterocycles. The molecule has 1 N–H and O–H groups in total. The van der Waals surface area contributed by atoms with Crippen LogP contribution in [0.25, 0.3) is 0 Å². The van der Waals surface area contributed by atoms with Crippen LogP contribution in [0.1, 0.15) is 49.3 Å². The van der Waals surface area contributed by atoms with E-state index in [0.29, 0.717) is 17.9 Å². The first-order valence-electron chi connectivity index (χ1n) is 6.99. The van der Waals surface area contributed by atoms with Crippen molar-refractivity contribution in [2.24, 2.45) is 5.92 Å². The third-order valence-corrected chi connectivity index (χ3v) is 4.06. The van der Waals surface area contributed by atoms with E-state index in [2.05, 4.69) is 25.2 Å². The van der Waals surface area contributed by atoms with E-state index in [0.717, 1.165) is 29.7 Å². The lowest BCUT2D eigenvalue weighted by atomic mass is 9.68. The van der Waals surface area contributed by atoms with E-state index in [1.54, 1.807) is 6.07 Å². The fourth-order valence-electron chi connectivity index (χ4n) is 2.98. The number of nitrogens with one attached hydrogen (secondary N) is 1. The summed E-state index contributed by atoms with van der Waals surface area (Å²) in [5.41, 5.74) is 3.10. The Kier molecular flexibility index (Phi) is 4.06. The molecule has 2 heteroatoms. The Balaban J connectivity index is 2.12. The SMILES string of the molecule is Cc1cc(C)c(C2CCC2CNC(C)C)c(F)c1. The van der Waals surface area contributed by atoms with Crippen molar-refractivity contribution in [2.75, 3.05) is 6.54 Å². The fourth-order valence-corrected chi connectivity index (χ4v) is 2.98. The van der Waals surface area contributed by atoms with Crippen LogP contribution in [0.4, 0.5) is 4.39 Å². The largest absolute Gasteiger partial charge is 0.314 e. The van der Waals surface area contributed by atoms with Gasteiger partial charge in [0.2, 0.25) is 0 Å². The first kappa shape index (κ1) is 13.5. The monoisotopic (exact) mass is 249 g/mol. The summed E-state index contributed by atoms with van der Waals surface area (Å²) < 4.78 is 14.1. The van der Waals surface area contributed by atoms with Crippen LogP contribution in [0.15, 0.2) is 12.1 Å². The third-order valence-electron chi connectivity index (χ3n) is 4.06. The lowest BCUT2D eigenvalue weighted by molar-refractivity contribution is 0.235. The summed E-state index contributed by atoms with van der Waals surface area (Å²) >= 11 is 0. The summed E-state index contributed by atoms with van der Waals surface area (Å²) in [6, 6.07) is 4.28. The predicted octanol–water partition coefficient (Wildman–Crippen LogP) is 3.93. The van der Waals surface area contributed by atoms with Crippen LogP contribution >= 0.6 is 0 Å². The van der Waals surface area contributed by atoms with Crippen LogP contribution in [-0.4, -0.2) is 12.6 Å². The van der Waals surface area contributed by atoms with Crippen LogP contribution < -0.4 is 5.32 Å². The molecule has 1 aromatic carbocycles. The molecule has 2 rings (SSSR count). The van der Waals surface area contributed by atoms with Crippen molar-refractivity contribution in [3.05, 3.63) is 34.6 Å². The Morgan fingerprint density at radius 1 is 1.28 bits per heavy atom. The Morgan fingerprint density at radius 3 is 2.50 bits per heavy atom. The molecule has 0 aromatic heterocycles. The molecule has 0 bridgehead atoms. The molecule has 100 valence electrons. The van der Waals surface area contributed by atoms with Gasteiger partial charge in [-0.3, -0.25) is 0 Å². The van der Waals surface area contributed by atoms with Gasteiger partial charge in [0, 0.05) is 6.04 Å². The second kappa shape index (κ2) is 5.40. The van der Waals surface area contributed by atoms with E-state index in [1.165, 1.54) is 6.42 Å². The van der Waals surface area contributed by atoms with Crippen molar-refractivity contribution in [2.45, 2.75) is 52.5 Å². The molecule has 0 spiro atoms. The molecule has 1 aliphatic rings. The molecule has 0 amide bonds. The molecular formula is C16H24FN. The van der Waals surface area contributed by atoms with Crippen molar-refractivity contribution in [3.63, 3.8) is 0 Å². The second-order valence-electron chi connectivity index (χ2n) is 5.98. The average Bonchev–Trinajstić information content (AvgIpc) is 2.21. The van der Waals surface area contributed by atoms with E-state index < -0.39 is 0 Å². The van der Waals surface area contributed by atoms with Gasteiger partial charge in [-0.15, -0.1) is 0 Å². The second-order valence-corrected chi connectivity index (χ2v) is 5.98. The van der Waals surface area contributed by atoms with Gasteiger partial charge in [-0.25, -0.2) is 4.39 Å². The Labute approximate surface area is 110 Å². The number of hydrogen-bond acceptors (Lipinski definition) is 1. The van der Waals surface area contributed by atoms with Gasteiger partial charge in [-0.2, -0.15) is 0 Å². The Hall–Kier alpha value is -0.890. The molecule has 2 unspecified atom stereocenters. The first-order valence-corrected chi connectivity index (χ1v) is 6.99. The summed E-state index contributed by atoms with van der Waals surface area (Å²) in [7, 11) is 0. The molecule has 0 radical (unpaired) electrons. The summed E-state index contributed by atoms with van der Waals surface area (Å²) in [6.07, 6.45) is 2.35. The van der Waals surface area contributed by atoms with Crippen LogP contribution in [0.3, 0.4) is 0 Å². The molecule has 1 aliphatic carbocycles. The lowest BCUT2D eigenvalue weighted by Crippen LogP contribution is -2.37. The van der Waals surface area contributed by atoms with Crippen LogP contribution in [0.5, 0.6) is 0 Å². The van der Waals surface area contributed by atoms with E-state index in [1.807, 2.05) is 13.8 Å². The highest BCUT2D eigenvalue weighted by Crippen LogP contribution is 2.44. The van der Waals surface area contributed by atoms with Crippen molar-refractivity contribution in [3.8, 4) is 0 Å². The number of benzene rings is 1. The predicted molar refractivity (Wildman–Crippen MR) is 74.5 cm³/mol. The fraction of sp³-hybridized carbons (Fsp3) is 0.625. The van der Waals surface area contributed by atoms with Gasteiger partial charge in [0.25, 0.3) is 0 Å². The molecule has 1 nitrogen and oxygen atoms in total. The summed E-state index contributed by atoms with van der Waals surface area (Å²) in [4.78, 5) is 0. The van der Waals surface area contributed by atoms with Crippen molar-refractivity contribution in [1.29, 1.82) is 0 Å². The highest BCUT2D eigenvalue weighted by atomic mass is 19.1. The maximum atomic E-state index is 14.1. The summed E-state index contributed by atoms with van der Waals surface area (Å²) in [5, 5.41) is 3.48. The van der Waals surface area contributed by atoms with Crippen LogP contribution in [0, 0.1) is 25.6 Å². The molecule has 0 aliphatic heterocycles. The highest BCUT2D eigenvalue weighted by Gasteiger charge is 2.34. The van der Waals surface area contributed by atoms with E-state index >= 15 is 0 Å². The first-order chi connectivity index (χ1) is 8.49. The maximum Gasteiger partial charge on any atom is 0.127 e. The molecule has 18 heavy (non-hydrogen) atoms. The van der Waals surface area contributed by atoms with Crippen molar-refractivity contribution in [1.82, 2.24) is 5.32 Å². The zero-order chi connectivity index (χ0) is 13.3. The van der Waals surface area contributed by atoms with Gasteiger partial charge in [0.05, 0.1) is 0 Å². The van der Waals surface area contributed by atoms with Gasteiger partial charge in [0.1, 0.15) is 5.82 Å². The summed E-state index contributed by atoms with van der Waals surface area (Å²) in [5.74, 6) is 1.01. The minimum absolute atomic E-state index is 0.00764. The van der Waals surface area contributed by atoms with E-state index in [9.17, 15) is 4.39 Å². The number of hydrogen-bond donors (Lipinski definition) is 1. The number of halogens is 1. The highest BCUT2D eigenvalue weighted by molar-refractivity contribution is 5.36. The quantitative estimate of drug-likeness (QED) is 0.852. The summed E-state index contributed by atoms with van der Waals surface area (Å²) in [6.45, 7) is 9.32. The standard InChI is InChI=1S/C16H24FN/c1-10(2)18-9-13-5-6-14(13)16-12(4)7-11(3)8-15(16)17/h7-8,10,13-14,18H,5-6,9H2,1-4H3. The Bertz CT molecular complexity index is 402. The molecule has 1 saturated carbocycles. The smallest absolute Gasteiger partial charge is 0.127 e. The maximum absolute atomic E-state index is 14.1. The topological polar surface area (TPSA) is 12.0 Å². The van der Waals surface area contributed by atoms with E-state index in [-0.39, 0.29) is 5.82 Å². The minimum Gasteiger partial charge on any atom is -0.314 e. The zero-order valence-electron chi connectivity index (χ0n) is 11.9. The van der Waals surface area contributed by atoms with Gasteiger partial charge in [-0.1, -0.05) is 19.9 Å². The Morgan fingerprint density at radius 2 is 2.00 bits per heavy atom. The number of rotatable bonds is 4. The van der Waals surface area contributed by atoms with Gasteiger partial charge < -0.3 is 5.32 Å². The lowest BCUT2D eigenvalue weighted by Gasteiger charge is -2.38. The molecule has 1 aromatic rings. The molecule has 1 fully saturated rings. The van der Waals surface area contributed by atoms with Crippen LogP contribution in [0.2, 0.25) is 0 Å². The number of aryl methyl sites for hydroxylation is 2. The molecule has 0 heterocycles. The average molecular weight is 249 g/mol. The van der Waals surface area contributed by atoms with Gasteiger partial charge in [0.15, 0.2) is 0 Å². The third kappa shape index (κ3) is 2.74. The van der Waals surface area contributed by atoms with Crippen molar-refractivity contribution >= 4 is 0 Å². The van der Waals surface area contributed by atoms with Gasteiger partial charge >= 0.3 is 0 Å². The van der Waals surface area contributed by atoms with Gasteiger partial charge in [-0.05, 0) is 67.8 Å². The molecular weight excluding hydrogens is 225 g/mol. The van der Waals surface area contributed by atoms with E-state index in [4.69, 9.17) is 0 Å². The molecule has 2 atom stereocenters. The normalized spacial score (nSPS) is 23.2. The minimum atomic E-state index is -0.00764. The van der Waals surface area contributed by atoms with Crippen molar-refractivity contribution < 1.29 is 4.39 Å².